The summed E-state index contributed by atoms with van der Waals surface area (Å²) < 4.78 is 24.7. The SMILES string of the molecule is CC1(C)O[C@H]2O[C@H]3[C@H]([C@H]2O1)[C@H]1C(=O)C=CC[C@@H]1C[C@H]3OCc1ccccc1. The normalized spacial score (nSPS) is 41.9. The van der Waals surface area contributed by atoms with Crippen LogP contribution in [-0.4, -0.2) is 36.2 Å². The molecule has 2 aliphatic heterocycles. The van der Waals surface area contributed by atoms with E-state index < -0.39 is 12.1 Å². The molecule has 1 aromatic rings. The van der Waals surface area contributed by atoms with E-state index in [1.54, 1.807) is 6.08 Å². The minimum Gasteiger partial charge on any atom is -0.371 e. The van der Waals surface area contributed by atoms with E-state index in [4.69, 9.17) is 18.9 Å². The van der Waals surface area contributed by atoms with Gasteiger partial charge < -0.3 is 18.9 Å². The van der Waals surface area contributed by atoms with Crippen LogP contribution in [0, 0.1) is 17.8 Å². The van der Waals surface area contributed by atoms with E-state index in [1.165, 1.54) is 0 Å². The first-order chi connectivity index (χ1) is 13.0. The molecule has 5 nitrogen and oxygen atoms in total. The Balaban J connectivity index is 1.40. The summed E-state index contributed by atoms with van der Waals surface area (Å²) in [7, 11) is 0. The number of benzene rings is 1. The molecule has 3 fully saturated rings. The van der Waals surface area contributed by atoms with Gasteiger partial charge >= 0.3 is 0 Å². The van der Waals surface area contributed by atoms with Crippen LogP contribution in [-0.2, 0) is 30.3 Å². The van der Waals surface area contributed by atoms with Crippen molar-refractivity contribution in [3.63, 3.8) is 0 Å². The third-order valence-corrected chi connectivity index (χ3v) is 6.32. The maximum atomic E-state index is 12.7. The van der Waals surface area contributed by atoms with Crippen molar-refractivity contribution in [2.75, 3.05) is 0 Å². The topological polar surface area (TPSA) is 54.0 Å². The Labute approximate surface area is 159 Å². The second-order valence-electron chi connectivity index (χ2n) is 8.54. The lowest BCUT2D eigenvalue weighted by Gasteiger charge is -2.44. The Morgan fingerprint density at radius 1 is 1.15 bits per heavy atom. The number of ketones is 1. The number of rotatable bonds is 3. The second-order valence-corrected chi connectivity index (χ2v) is 8.54. The lowest BCUT2D eigenvalue weighted by molar-refractivity contribution is -0.235. The van der Waals surface area contributed by atoms with Gasteiger partial charge in [-0.05, 0) is 44.2 Å². The molecular weight excluding hydrogens is 344 g/mol. The average Bonchev–Trinajstić information content (AvgIpc) is 3.13. The predicted molar refractivity (Wildman–Crippen MR) is 97.6 cm³/mol. The van der Waals surface area contributed by atoms with E-state index in [2.05, 4.69) is 12.1 Å². The highest BCUT2D eigenvalue weighted by atomic mass is 16.8. The number of carbonyl (C=O) groups is 1. The van der Waals surface area contributed by atoms with Gasteiger partial charge in [-0.3, -0.25) is 4.79 Å². The summed E-state index contributed by atoms with van der Waals surface area (Å²) >= 11 is 0. The van der Waals surface area contributed by atoms with Crippen LogP contribution in [0.15, 0.2) is 42.5 Å². The zero-order valence-corrected chi connectivity index (χ0v) is 15.7. The Kier molecular flexibility index (Phi) is 4.24. The smallest absolute Gasteiger partial charge is 0.187 e. The highest BCUT2D eigenvalue weighted by Gasteiger charge is 2.63. The molecule has 2 aliphatic carbocycles. The quantitative estimate of drug-likeness (QED) is 0.818. The molecule has 0 spiro atoms. The van der Waals surface area contributed by atoms with Crippen LogP contribution >= 0.6 is 0 Å². The fraction of sp³-hybridized carbons (Fsp3) is 0.591. The molecule has 4 aliphatic rings. The van der Waals surface area contributed by atoms with Crippen molar-refractivity contribution >= 4 is 5.78 Å². The van der Waals surface area contributed by atoms with Crippen LogP contribution in [0.3, 0.4) is 0 Å². The average molecular weight is 370 g/mol. The predicted octanol–water partition coefficient (Wildman–Crippen LogP) is 3.23. The summed E-state index contributed by atoms with van der Waals surface area (Å²) in [4.78, 5) is 12.7. The van der Waals surface area contributed by atoms with Crippen molar-refractivity contribution in [3.05, 3.63) is 48.0 Å². The van der Waals surface area contributed by atoms with Gasteiger partial charge in [-0.25, -0.2) is 0 Å². The molecule has 5 heteroatoms. The van der Waals surface area contributed by atoms with Crippen molar-refractivity contribution in [3.8, 4) is 0 Å². The summed E-state index contributed by atoms with van der Waals surface area (Å²) in [5.41, 5.74) is 1.14. The Bertz CT molecular complexity index is 742. The van der Waals surface area contributed by atoms with Crippen molar-refractivity contribution < 1.29 is 23.7 Å². The molecular formula is C22H26O5. The van der Waals surface area contributed by atoms with Gasteiger partial charge in [0, 0.05) is 11.8 Å². The summed E-state index contributed by atoms with van der Waals surface area (Å²) in [6.45, 7) is 4.34. The second kappa shape index (κ2) is 6.52. The van der Waals surface area contributed by atoms with Crippen LogP contribution < -0.4 is 0 Å². The van der Waals surface area contributed by atoms with Crippen LogP contribution in [0.5, 0.6) is 0 Å². The minimum absolute atomic E-state index is 0.0197. The van der Waals surface area contributed by atoms with E-state index in [-0.39, 0.29) is 41.8 Å². The third-order valence-electron chi connectivity index (χ3n) is 6.32. The van der Waals surface area contributed by atoms with Gasteiger partial charge in [0.2, 0.25) is 0 Å². The molecule has 0 bridgehead atoms. The molecule has 1 saturated carbocycles. The van der Waals surface area contributed by atoms with Crippen LogP contribution in [0.4, 0.5) is 0 Å². The maximum absolute atomic E-state index is 12.7. The molecule has 0 unspecified atom stereocenters. The lowest BCUT2D eigenvalue weighted by atomic mass is 9.63. The molecule has 0 amide bonds. The van der Waals surface area contributed by atoms with Crippen molar-refractivity contribution in [1.29, 1.82) is 0 Å². The lowest BCUT2D eigenvalue weighted by Crippen LogP contribution is -2.52. The zero-order valence-electron chi connectivity index (χ0n) is 15.7. The van der Waals surface area contributed by atoms with Gasteiger partial charge in [0.15, 0.2) is 17.9 Å². The molecule has 0 aromatic heterocycles. The van der Waals surface area contributed by atoms with E-state index in [0.717, 1.165) is 18.4 Å². The van der Waals surface area contributed by atoms with Gasteiger partial charge in [-0.15, -0.1) is 0 Å². The highest BCUT2D eigenvalue weighted by Crippen LogP contribution is 2.52. The molecule has 7 atom stereocenters. The molecule has 5 rings (SSSR count). The van der Waals surface area contributed by atoms with E-state index in [9.17, 15) is 4.79 Å². The van der Waals surface area contributed by atoms with Crippen LogP contribution in [0.2, 0.25) is 0 Å². The standard InChI is InChI=1S/C22H26O5/c1-22(2)26-20-18-17-14(9-6-10-15(17)23)11-16(19(18)25-21(20)27-22)24-12-13-7-4-3-5-8-13/h3-8,10,14,16-21H,9,11-12H2,1-2H3/t14-,16-,17-,18-,19-,20-,21-/m1/s1. The number of allylic oxidation sites excluding steroid dienone is 2. The number of hydrogen-bond donors (Lipinski definition) is 0. The monoisotopic (exact) mass is 370 g/mol. The van der Waals surface area contributed by atoms with Crippen molar-refractivity contribution in [2.24, 2.45) is 17.8 Å². The molecule has 0 radical (unpaired) electrons. The van der Waals surface area contributed by atoms with Gasteiger partial charge in [0.05, 0.1) is 18.8 Å². The minimum atomic E-state index is -0.679. The summed E-state index contributed by atoms with van der Waals surface area (Å²) in [6, 6.07) is 10.2. The Morgan fingerprint density at radius 3 is 2.78 bits per heavy atom. The van der Waals surface area contributed by atoms with Gasteiger partial charge in [0.1, 0.15) is 6.10 Å². The number of ether oxygens (including phenoxy) is 4. The summed E-state index contributed by atoms with van der Waals surface area (Å²) in [5.74, 6) is -0.293. The Morgan fingerprint density at radius 2 is 1.96 bits per heavy atom. The number of carbonyl (C=O) groups excluding carboxylic acids is 1. The Hall–Kier alpha value is -1.53. The number of hydrogen-bond acceptors (Lipinski definition) is 5. The molecule has 2 saturated heterocycles. The van der Waals surface area contributed by atoms with E-state index >= 15 is 0 Å². The first kappa shape index (κ1) is 17.6. The van der Waals surface area contributed by atoms with Gasteiger partial charge in [-0.1, -0.05) is 36.4 Å². The third kappa shape index (κ3) is 3.07. The van der Waals surface area contributed by atoms with Crippen LogP contribution in [0.25, 0.3) is 0 Å². The van der Waals surface area contributed by atoms with E-state index in [1.807, 2.05) is 38.1 Å². The summed E-state index contributed by atoms with van der Waals surface area (Å²) in [6.07, 6.45) is 4.61. The number of fused-ring (bicyclic) bond motifs is 5. The highest BCUT2D eigenvalue weighted by molar-refractivity contribution is 5.93. The fourth-order valence-electron chi connectivity index (χ4n) is 5.27. The fourth-order valence-corrected chi connectivity index (χ4v) is 5.27. The van der Waals surface area contributed by atoms with Crippen LogP contribution in [0.1, 0.15) is 32.3 Å². The molecule has 144 valence electrons. The molecule has 2 heterocycles. The largest absolute Gasteiger partial charge is 0.371 e. The first-order valence-corrected chi connectivity index (χ1v) is 9.89. The van der Waals surface area contributed by atoms with Crippen molar-refractivity contribution in [2.45, 2.75) is 63.7 Å². The van der Waals surface area contributed by atoms with Gasteiger partial charge in [0.25, 0.3) is 0 Å². The van der Waals surface area contributed by atoms with E-state index in [0.29, 0.717) is 6.61 Å². The molecule has 1 aromatic carbocycles. The van der Waals surface area contributed by atoms with Gasteiger partial charge in [-0.2, -0.15) is 0 Å². The molecule has 0 N–H and O–H groups in total. The van der Waals surface area contributed by atoms with Crippen molar-refractivity contribution in [1.82, 2.24) is 0 Å². The molecule has 27 heavy (non-hydrogen) atoms. The summed E-state index contributed by atoms with van der Waals surface area (Å²) in [5, 5.41) is 0. The zero-order chi connectivity index (χ0) is 18.6. The maximum Gasteiger partial charge on any atom is 0.187 e. The first-order valence-electron chi connectivity index (χ1n) is 9.89.